The molecule has 142 valence electrons. The van der Waals surface area contributed by atoms with Gasteiger partial charge in [-0.25, -0.2) is 0 Å². The molecule has 8 N–H and O–H groups in total. The Morgan fingerprint density at radius 1 is 0.731 bits per heavy atom. The Morgan fingerprint density at radius 2 is 1.23 bits per heavy atom. The molecule has 0 aliphatic carbocycles. The average Bonchev–Trinajstić information content (AvgIpc) is 2.63. The minimum atomic E-state index is -0.359. The minimum Gasteiger partial charge on any atom is -0.399 e. The average molecular weight is 358 g/mol. The van der Waals surface area contributed by atoms with E-state index in [1.165, 1.54) is 0 Å². The molecule has 0 bridgehead atoms. The smallest absolute Gasteiger partial charge is 0.0453 e. The Hall–Kier alpha value is -2.44. The van der Waals surface area contributed by atoms with Gasteiger partial charge in [-0.3, -0.25) is 0 Å². The van der Waals surface area contributed by atoms with Crippen LogP contribution >= 0.6 is 0 Å². The number of nitrogens with two attached hydrogens (primary N) is 2. The van der Waals surface area contributed by atoms with Crippen molar-refractivity contribution in [1.29, 1.82) is 0 Å². The molecule has 0 heterocycles. The minimum absolute atomic E-state index is 0.0629. The van der Waals surface area contributed by atoms with Crippen LogP contribution in [-0.2, 0) is 0 Å². The molecular formula is C20H30N4O2. The van der Waals surface area contributed by atoms with E-state index in [2.05, 4.69) is 10.6 Å². The fraction of sp³-hybridized carbons (Fsp3) is 0.400. The van der Waals surface area contributed by atoms with E-state index >= 15 is 0 Å². The van der Waals surface area contributed by atoms with Gasteiger partial charge in [0.15, 0.2) is 0 Å². The van der Waals surface area contributed by atoms with Gasteiger partial charge in [0.25, 0.3) is 0 Å². The lowest BCUT2D eigenvalue weighted by Gasteiger charge is -2.35. The zero-order valence-corrected chi connectivity index (χ0v) is 15.1. The van der Waals surface area contributed by atoms with Gasteiger partial charge in [-0.05, 0) is 74.2 Å². The zero-order chi connectivity index (χ0) is 18.8. The third kappa shape index (κ3) is 6.13. The summed E-state index contributed by atoms with van der Waals surface area (Å²) in [6.45, 7) is 0.923. The van der Waals surface area contributed by atoms with Crippen LogP contribution in [0, 0.1) is 0 Å². The number of hydrogen-bond acceptors (Lipinski definition) is 6. The van der Waals surface area contributed by atoms with Crippen molar-refractivity contribution < 1.29 is 10.2 Å². The van der Waals surface area contributed by atoms with E-state index in [-0.39, 0.29) is 18.8 Å². The van der Waals surface area contributed by atoms with Gasteiger partial charge in [-0.1, -0.05) is 0 Å². The van der Waals surface area contributed by atoms with Crippen LogP contribution in [-0.4, -0.2) is 35.5 Å². The molecule has 0 aromatic heterocycles. The van der Waals surface area contributed by atoms with Gasteiger partial charge in [-0.2, -0.15) is 0 Å². The van der Waals surface area contributed by atoms with Crippen LogP contribution in [0.2, 0.25) is 0 Å². The molecular weight excluding hydrogens is 328 g/mol. The van der Waals surface area contributed by atoms with Crippen molar-refractivity contribution in [3.8, 4) is 0 Å². The van der Waals surface area contributed by atoms with Crippen molar-refractivity contribution >= 4 is 22.7 Å². The molecule has 26 heavy (non-hydrogen) atoms. The van der Waals surface area contributed by atoms with Crippen LogP contribution in [0.3, 0.4) is 0 Å². The number of hydrogen-bond donors (Lipinski definition) is 6. The third-order valence-electron chi connectivity index (χ3n) is 4.57. The number of nitrogen functional groups attached to an aromatic ring is 2. The number of anilines is 4. The van der Waals surface area contributed by atoms with Crippen LogP contribution in [0.5, 0.6) is 0 Å². The molecule has 2 aromatic rings. The van der Waals surface area contributed by atoms with E-state index in [9.17, 15) is 10.2 Å². The predicted octanol–water partition coefficient (Wildman–Crippen LogP) is 2.66. The summed E-state index contributed by atoms with van der Waals surface area (Å²) in [6.07, 6.45) is 2.85. The maximum atomic E-state index is 9.54. The van der Waals surface area contributed by atoms with Crippen molar-refractivity contribution in [2.45, 2.75) is 31.2 Å². The fourth-order valence-electron chi connectivity index (χ4n) is 3.12. The summed E-state index contributed by atoms with van der Waals surface area (Å²) in [5.74, 6) is 0. The van der Waals surface area contributed by atoms with E-state index in [0.29, 0.717) is 18.5 Å². The first-order valence-electron chi connectivity index (χ1n) is 9.02. The molecule has 6 nitrogen and oxygen atoms in total. The molecule has 0 aliphatic rings. The van der Waals surface area contributed by atoms with Crippen LogP contribution < -0.4 is 22.1 Å². The topological polar surface area (TPSA) is 117 Å². The van der Waals surface area contributed by atoms with Gasteiger partial charge in [0.2, 0.25) is 0 Å². The summed E-state index contributed by atoms with van der Waals surface area (Å²) < 4.78 is 0. The van der Waals surface area contributed by atoms with Crippen molar-refractivity contribution in [2.24, 2.45) is 0 Å². The summed E-state index contributed by atoms with van der Waals surface area (Å²) in [6, 6.07) is 15.2. The number of rotatable bonds is 11. The van der Waals surface area contributed by atoms with E-state index in [1.807, 2.05) is 48.5 Å². The third-order valence-corrected chi connectivity index (χ3v) is 4.57. The van der Waals surface area contributed by atoms with Gasteiger partial charge in [0.1, 0.15) is 0 Å². The molecule has 0 unspecified atom stereocenters. The highest BCUT2D eigenvalue weighted by atomic mass is 16.3. The molecule has 0 saturated heterocycles. The molecule has 0 atom stereocenters. The van der Waals surface area contributed by atoms with E-state index in [4.69, 9.17) is 11.5 Å². The Labute approximate surface area is 155 Å². The summed E-state index contributed by atoms with van der Waals surface area (Å²) in [5, 5.41) is 26.0. The Bertz CT molecular complexity index is 638. The normalized spacial score (nSPS) is 11.3. The van der Waals surface area contributed by atoms with Gasteiger partial charge in [0.05, 0.1) is 0 Å². The molecule has 6 heteroatoms. The maximum Gasteiger partial charge on any atom is 0.0453 e. The van der Waals surface area contributed by atoms with E-state index in [1.54, 1.807) is 0 Å². The highest BCUT2D eigenvalue weighted by molar-refractivity contribution is 5.53. The number of nitrogens with one attached hydrogen (secondary N) is 2. The first kappa shape index (κ1) is 19.9. The van der Waals surface area contributed by atoms with Crippen molar-refractivity contribution in [2.75, 3.05) is 41.9 Å². The highest BCUT2D eigenvalue weighted by Gasteiger charge is 2.28. The Kier molecular flexibility index (Phi) is 7.56. The van der Waals surface area contributed by atoms with Gasteiger partial charge >= 0.3 is 0 Å². The van der Waals surface area contributed by atoms with Gasteiger partial charge < -0.3 is 32.3 Å². The first-order chi connectivity index (χ1) is 12.6. The van der Waals surface area contributed by atoms with Crippen molar-refractivity contribution in [3.63, 3.8) is 0 Å². The number of benzene rings is 2. The number of aliphatic hydroxyl groups excluding tert-OH is 2. The summed E-state index contributed by atoms with van der Waals surface area (Å²) >= 11 is 0. The SMILES string of the molecule is Nc1ccc(NCCCC(CCO)(CCO)Nc2ccc(N)cc2)cc1. The molecule has 0 amide bonds. The lowest BCUT2D eigenvalue weighted by atomic mass is 9.86. The second-order valence-corrected chi connectivity index (χ2v) is 6.63. The Balaban J connectivity index is 1.96. The van der Waals surface area contributed by atoms with Crippen LogP contribution in [0.4, 0.5) is 22.7 Å². The number of aliphatic hydroxyl groups is 2. The summed E-state index contributed by atoms with van der Waals surface area (Å²) in [5.41, 5.74) is 14.5. The molecule has 2 aromatic carbocycles. The monoisotopic (exact) mass is 358 g/mol. The standard InChI is InChI=1S/C20H30N4O2/c21-16-2-6-18(7-3-16)23-13-1-10-20(11-14-25,12-15-26)24-19-8-4-17(22)5-9-19/h2-9,23-26H,1,10-15,21-22H2. The maximum absolute atomic E-state index is 9.54. The van der Waals surface area contributed by atoms with Crippen LogP contribution in [0.15, 0.2) is 48.5 Å². The van der Waals surface area contributed by atoms with E-state index < -0.39 is 0 Å². The summed E-state index contributed by atoms with van der Waals surface area (Å²) in [4.78, 5) is 0. The molecule has 2 rings (SSSR count). The van der Waals surface area contributed by atoms with Crippen molar-refractivity contribution in [3.05, 3.63) is 48.5 Å². The molecule has 0 spiro atoms. The quantitative estimate of drug-likeness (QED) is 0.272. The predicted molar refractivity (Wildman–Crippen MR) is 109 cm³/mol. The van der Waals surface area contributed by atoms with E-state index in [0.717, 1.165) is 36.4 Å². The molecule has 0 fully saturated rings. The first-order valence-corrected chi connectivity index (χ1v) is 9.02. The lowest BCUT2D eigenvalue weighted by Crippen LogP contribution is -2.40. The zero-order valence-electron chi connectivity index (χ0n) is 15.1. The molecule has 0 saturated carbocycles. The van der Waals surface area contributed by atoms with Crippen LogP contribution in [0.25, 0.3) is 0 Å². The summed E-state index contributed by atoms with van der Waals surface area (Å²) in [7, 11) is 0. The lowest BCUT2D eigenvalue weighted by molar-refractivity contribution is 0.197. The van der Waals surface area contributed by atoms with Crippen LogP contribution in [0.1, 0.15) is 25.7 Å². The Morgan fingerprint density at radius 3 is 1.73 bits per heavy atom. The van der Waals surface area contributed by atoms with Crippen molar-refractivity contribution in [1.82, 2.24) is 0 Å². The fourth-order valence-corrected chi connectivity index (χ4v) is 3.12. The van der Waals surface area contributed by atoms with Gasteiger partial charge in [0, 0.05) is 48.0 Å². The highest BCUT2D eigenvalue weighted by Crippen LogP contribution is 2.28. The second kappa shape index (κ2) is 9.89. The largest absolute Gasteiger partial charge is 0.399 e. The molecule has 0 aliphatic heterocycles. The second-order valence-electron chi connectivity index (χ2n) is 6.63. The van der Waals surface area contributed by atoms with Gasteiger partial charge in [-0.15, -0.1) is 0 Å². The molecule has 0 radical (unpaired) electrons.